The van der Waals surface area contributed by atoms with Crippen molar-refractivity contribution in [3.63, 3.8) is 0 Å². The number of aromatic nitrogens is 1. The summed E-state index contributed by atoms with van der Waals surface area (Å²) in [6.45, 7) is 0. The molecule has 7 nitrogen and oxygen atoms in total. The fraction of sp³-hybridized carbons (Fsp3) is 0. The summed E-state index contributed by atoms with van der Waals surface area (Å²) in [5, 5.41) is 19.5. The molecule has 0 bridgehead atoms. The third kappa shape index (κ3) is 3.87. The van der Waals surface area contributed by atoms with E-state index in [0.29, 0.717) is 5.56 Å². The molecule has 1 aromatic heterocycles. The third-order valence-corrected chi connectivity index (χ3v) is 2.44. The number of nitro groups is 1. The molecule has 21 heavy (non-hydrogen) atoms. The minimum absolute atomic E-state index is 0.0867. The molecule has 0 saturated heterocycles. The van der Waals surface area contributed by atoms with Crippen LogP contribution in [0, 0.1) is 10.1 Å². The van der Waals surface area contributed by atoms with Gasteiger partial charge in [-0.15, -0.1) is 0 Å². The van der Waals surface area contributed by atoms with Crippen LogP contribution in [0.2, 0.25) is 0 Å². The molecule has 1 heterocycles. The van der Waals surface area contributed by atoms with Crippen LogP contribution in [0.4, 0.5) is 5.69 Å². The molecule has 0 radical (unpaired) electrons. The standard InChI is InChI=1S/C14H10N2O5/c17-14(18)6-5-10-7-11(9-15-8-10)21-13-4-2-1-3-12(13)16(19)20/h1-9H,(H,17,18)/b6-5+. The Hall–Kier alpha value is -3.22. The fourth-order valence-electron chi connectivity index (χ4n) is 1.57. The Bertz CT molecular complexity index is 712. The lowest BCUT2D eigenvalue weighted by molar-refractivity contribution is -0.385. The van der Waals surface area contributed by atoms with Gasteiger partial charge in [0.05, 0.1) is 11.1 Å². The maximum absolute atomic E-state index is 10.9. The number of hydrogen-bond acceptors (Lipinski definition) is 5. The van der Waals surface area contributed by atoms with E-state index in [-0.39, 0.29) is 17.2 Å². The van der Waals surface area contributed by atoms with E-state index in [2.05, 4.69) is 4.98 Å². The Morgan fingerprint density at radius 2 is 2.10 bits per heavy atom. The third-order valence-electron chi connectivity index (χ3n) is 2.44. The normalized spacial score (nSPS) is 10.5. The van der Waals surface area contributed by atoms with Crippen LogP contribution in [0.5, 0.6) is 11.5 Å². The Balaban J connectivity index is 2.26. The van der Waals surface area contributed by atoms with Gasteiger partial charge in [-0.25, -0.2) is 4.79 Å². The van der Waals surface area contributed by atoms with Gasteiger partial charge in [0.1, 0.15) is 5.75 Å². The molecule has 106 valence electrons. The Labute approximate surface area is 119 Å². The molecule has 1 N–H and O–H groups in total. The molecule has 7 heteroatoms. The van der Waals surface area contributed by atoms with Gasteiger partial charge in [-0.2, -0.15) is 0 Å². The monoisotopic (exact) mass is 286 g/mol. The molecule has 0 aliphatic heterocycles. The minimum atomic E-state index is -1.08. The quantitative estimate of drug-likeness (QED) is 0.515. The van der Waals surface area contributed by atoms with E-state index in [0.717, 1.165) is 6.08 Å². The smallest absolute Gasteiger partial charge is 0.328 e. The zero-order valence-corrected chi connectivity index (χ0v) is 10.7. The van der Waals surface area contributed by atoms with Crippen LogP contribution in [0.3, 0.4) is 0 Å². The predicted octanol–water partition coefficient (Wildman–Crippen LogP) is 2.88. The van der Waals surface area contributed by atoms with Crippen LogP contribution in [0.15, 0.2) is 48.8 Å². The largest absolute Gasteiger partial charge is 0.478 e. The van der Waals surface area contributed by atoms with Crippen LogP contribution in [-0.4, -0.2) is 21.0 Å². The highest BCUT2D eigenvalue weighted by Gasteiger charge is 2.14. The number of aliphatic carboxylic acids is 1. The van der Waals surface area contributed by atoms with Gasteiger partial charge in [-0.05, 0) is 23.8 Å². The maximum atomic E-state index is 10.9. The lowest BCUT2D eigenvalue weighted by Gasteiger charge is -2.06. The first-order chi connectivity index (χ1) is 10.1. The fourth-order valence-corrected chi connectivity index (χ4v) is 1.57. The average molecular weight is 286 g/mol. The van der Waals surface area contributed by atoms with E-state index in [9.17, 15) is 14.9 Å². The van der Waals surface area contributed by atoms with Crippen LogP contribution >= 0.6 is 0 Å². The van der Waals surface area contributed by atoms with E-state index in [4.69, 9.17) is 9.84 Å². The predicted molar refractivity (Wildman–Crippen MR) is 74.1 cm³/mol. The summed E-state index contributed by atoms with van der Waals surface area (Å²) in [7, 11) is 0. The van der Waals surface area contributed by atoms with E-state index in [1.54, 1.807) is 6.07 Å². The first-order valence-corrected chi connectivity index (χ1v) is 5.83. The molecule has 0 aliphatic rings. The van der Waals surface area contributed by atoms with E-state index in [1.807, 2.05) is 0 Å². The summed E-state index contributed by atoms with van der Waals surface area (Å²) in [6, 6.07) is 7.48. The number of carboxylic acid groups (broad SMARTS) is 1. The summed E-state index contributed by atoms with van der Waals surface area (Å²) in [5.74, 6) is -0.722. The average Bonchev–Trinajstić information content (AvgIpc) is 2.46. The van der Waals surface area contributed by atoms with Crippen molar-refractivity contribution < 1.29 is 19.6 Å². The summed E-state index contributed by atoms with van der Waals surface area (Å²) in [4.78, 5) is 24.7. The van der Waals surface area contributed by atoms with Crippen LogP contribution in [0.25, 0.3) is 6.08 Å². The van der Waals surface area contributed by atoms with E-state index in [1.165, 1.54) is 42.7 Å². The molecule has 0 fully saturated rings. The van der Waals surface area contributed by atoms with Crippen molar-refractivity contribution in [1.29, 1.82) is 0 Å². The summed E-state index contributed by atoms with van der Waals surface area (Å²) >= 11 is 0. The molecule has 0 unspecified atom stereocenters. The number of para-hydroxylation sites is 2. The second-order valence-electron chi connectivity index (χ2n) is 3.95. The molecule has 2 aromatic rings. The Morgan fingerprint density at radius 1 is 1.33 bits per heavy atom. The number of benzene rings is 1. The van der Waals surface area contributed by atoms with E-state index < -0.39 is 10.9 Å². The van der Waals surface area contributed by atoms with Crippen LogP contribution in [0.1, 0.15) is 5.56 Å². The highest BCUT2D eigenvalue weighted by atomic mass is 16.6. The molecule has 0 saturated carbocycles. The second-order valence-corrected chi connectivity index (χ2v) is 3.95. The zero-order chi connectivity index (χ0) is 15.2. The van der Waals surface area contributed by atoms with Crippen molar-refractivity contribution in [2.45, 2.75) is 0 Å². The number of hydrogen-bond donors (Lipinski definition) is 1. The molecular weight excluding hydrogens is 276 g/mol. The summed E-state index contributed by atoms with van der Waals surface area (Å²) < 4.78 is 5.43. The number of pyridine rings is 1. The molecule has 0 amide bonds. The molecule has 0 aliphatic carbocycles. The lowest BCUT2D eigenvalue weighted by atomic mass is 10.2. The first kappa shape index (κ1) is 14.2. The SMILES string of the molecule is O=C(O)/C=C/c1cncc(Oc2ccccc2[N+](=O)[O-])c1. The van der Waals surface area contributed by atoms with Gasteiger partial charge >= 0.3 is 11.7 Å². The number of rotatable bonds is 5. The number of carbonyl (C=O) groups is 1. The molecule has 0 atom stereocenters. The summed E-state index contributed by atoms with van der Waals surface area (Å²) in [6.07, 6.45) is 5.15. The van der Waals surface area contributed by atoms with Crippen LogP contribution in [-0.2, 0) is 4.79 Å². The number of nitrogens with zero attached hydrogens (tertiary/aromatic N) is 2. The van der Waals surface area contributed by atoms with Gasteiger partial charge in [-0.3, -0.25) is 15.1 Å². The van der Waals surface area contributed by atoms with Gasteiger partial charge in [0.25, 0.3) is 0 Å². The van der Waals surface area contributed by atoms with Crippen molar-refractivity contribution in [2.24, 2.45) is 0 Å². The van der Waals surface area contributed by atoms with Gasteiger partial charge in [0, 0.05) is 18.3 Å². The number of nitro benzene ring substituents is 1. The minimum Gasteiger partial charge on any atom is -0.478 e. The topological polar surface area (TPSA) is 103 Å². The van der Waals surface area contributed by atoms with Crippen molar-refractivity contribution in [1.82, 2.24) is 4.98 Å². The van der Waals surface area contributed by atoms with Crippen molar-refractivity contribution in [3.05, 3.63) is 64.5 Å². The molecule has 0 spiro atoms. The Morgan fingerprint density at radius 3 is 2.81 bits per heavy atom. The highest BCUT2D eigenvalue weighted by molar-refractivity contribution is 5.85. The van der Waals surface area contributed by atoms with Gasteiger partial charge in [0.2, 0.25) is 5.75 Å². The highest BCUT2D eigenvalue weighted by Crippen LogP contribution is 2.30. The number of carboxylic acids is 1. The molecule has 2 rings (SSSR count). The molecule has 1 aromatic carbocycles. The van der Waals surface area contributed by atoms with Crippen molar-refractivity contribution in [2.75, 3.05) is 0 Å². The second kappa shape index (κ2) is 6.29. The van der Waals surface area contributed by atoms with Gasteiger partial charge < -0.3 is 9.84 Å². The van der Waals surface area contributed by atoms with Crippen molar-refractivity contribution >= 4 is 17.7 Å². The van der Waals surface area contributed by atoms with Gasteiger partial charge in [-0.1, -0.05) is 12.1 Å². The van der Waals surface area contributed by atoms with Gasteiger partial charge in [0.15, 0.2) is 0 Å². The summed E-state index contributed by atoms with van der Waals surface area (Å²) in [5.41, 5.74) is 0.345. The first-order valence-electron chi connectivity index (χ1n) is 5.83. The molecular formula is C14H10N2O5. The maximum Gasteiger partial charge on any atom is 0.328 e. The lowest BCUT2D eigenvalue weighted by Crippen LogP contribution is -1.93. The zero-order valence-electron chi connectivity index (χ0n) is 10.7. The van der Waals surface area contributed by atoms with Crippen molar-refractivity contribution in [3.8, 4) is 11.5 Å². The van der Waals surface area contributed by atoms with E-state index >= 15 is 0 Å². The Kier molecular flexibility index (Phi) is 4.25. The number of ether oxygens (including phenoxy) is 1. The van der Waals surface area contributed by atoms with Crippen LogP contribution < -0.4 is 4.74 Å².